The molecule has 0 saturated carbocycles. The Kier molecular flexibility index (Phi) is 4.92. The van der Waals surface area contributed by atoms with Gasteiger partial charge in [-0.05, 0) is 12.1 Å². The number of benzene rings is 1. The highest BCUT2D eigenvalue weighted by molar-refractivity contribution is 7.93. The van der Waals surface area contributed by atoms with Crippen molar-refractivity contribution in [2.45, 2.75) is 14.7 Å². The summed E-state index contributed by atoms with van der Waals surface area (Å²) in [4.78, 5) is -3.16. The second-order valence-corrected chi connectivity index (χ2v) is 9.03. The Morgan fingerprint density at radius 1 is 0.905 bits per heavy atom. The highest BCUT2D eigenvalue weighted by atomic mass is 35.5. The number of nitrogens with two attached hydrogens (primary N) is 1. The number of anilines is 1. The lowest BCUT2D eigenvalue weighted by atomic mass is 10.3. The summed E-state index contributed by atoms with van der Waals surface area (Å²) < 4.78 is 86.3. The monoisotopic (exact) mass is 379 g/mol. The molecule has 0 bridgehead atoms. The third-order valence-electron chi connectivity index (χ3n) is 2.31. The summed E-state index contributed by atoms with van der Waals surface area (Å²) in [5.41, 5.74) is 4.60. The SMILES string of the molecule is Nc1cc(S(=O)(=O)CCCl)c(S(=O)(=O)O)cc1S(=O)(=O)O. The van der Waals surface area contributed by atoms with Gasteiger partial charge in [-0.3, -0.25) is 9.11 Å². The summed E-state index contributed by atoms with van der Waals surface area (Å²) in [5, 5.41) is 0. The number of halogens is 1. The van der Waals surface area contributed by atoms with Crippen LogP contribution in [-0.2, 0) is 30.1 Å². The van der Waals surface area contributed by atoms with E-state index < -0.39 is 56.2 Å². The lowest BCUT2D eigenvalue weighted by Gasteiger charge is -2.11. The van der Waals surface area contributed by atoms with E-state index in [0.29, 0.717) is 6.07 Å². The standard InChI is InChI=1S/C8H10ClNO8S3/c9-1-2-19(11,12)7-3-5(10)6(20(13,14)15)4-8(7)21(16,17)18/h3-4H,1-2,10H2,(H,13,14,15)(H,16,17,18). The van der Waals surface area contributed by atoms with E-state index in [1.54, 1.807) is 0 Å². The number of hydrogen-bond acceptors (Lipinski definition) is 7. The van der Waals surface area contributed by atoms with Crippen molar-refractivity contribution >= 4 is 47.4 Å². The molecular formula is C8H10ClNO8S3. The van der Waals surface area contributed by atoms with Crippen molar-refractivity contribution in [3.8, 4) is 0 Å². The number of nitrogen functional groups attached to an aromatic ring is 1. The number of sulfone groups is 1. The maximum absolute atomic E-state index is 11.9. The molecule has 0 fully saturated rings. The molecule has 0 amide bonds. The van der Waals surface area contributed by atoms with Crippen molar-refractivity contribution in [2.75, 3.05) is 17.4 Å². The summed E-state index contributed by atoms with van der Waals surface area (Å²) in [6, 6.07) is 0.787. The van der Waals surface area contributed by atoms with Crippen LogP contribution in [0.1, 0.15) is 0 Å². The van der Waals surface area contributed by atoms with Gasteiger partial charge in [-0.25, -0.2) is 8.42 Å². The lowest BCUT2D eigenvalue weighted by molar-refractivity contribution is 0.478. The zero-order valence-electron chi connectivity index (χ0n) is 10.1. The fourth-order valence-corrected chi connectivity index (χ4v) is 5.12. The van der Waals surface area contributed by atoms with E-state index in [0.717, 1.165) is 0 Å². The van der Waals surface area contributed by atoms with Gasteiger partial charge in [0.15, 0.2) is 9.84 Å². The molecule has 0 spiro atoms. The second kappa shape index (κ2) is 5.70. The molecule has 0 heterocycles. The van der Waals surface area contributed by atoms with Crippen LogP contribution < -0.4 is 5.73 Å². The predicted molar refractivity (Wildman–Crippen MR) is 73.3 cm³/mol. The first kappa shape index (κ1) is 18.1. The van der Waals surface area contributed by atoms with Crippen molar-refractivity contribution in [3.63, 3.8) is 0 Å². The van der Waals surface area contributed by atoms with Crippen LogP contribution in [-0.4, -0.2) is 46.0 Å². The van der Waals surface area contributed by atoms with E-state index in [-0.39, 0.29) is 11.9 Å². The largest absolute Gasteiger partial charge is 0.398 e. The molecule has 0 aromatic heterocycles. The Morgan fingerprint density at radius 2 is 1.38 bits per heavy atom. The molecular weight excluding hydrogens is 370 g/mol. The molecule has 0 radical (unpaired) electrons. The first-order valence-corrected chi connectivity index (χ1v) is 10.0. The molecule has 0 atom stereocenters. The average molecular weight is 380 g/mol. The van der Waals surface area contributed by atoms with Crippen LogP contribution in [0.15, 0.2) is 26.8 Å². The third kappa shape index (κ3) is 4.05. The fraction of sp³-hybridized carbons (Fsp3) is 0.250. The van der Waals surface area contributed by atoms with E-state index in [2.05, 4.69) is 0 Å². The number of rotatable bonds is 5. The Bertz CT molecular complexity index is 872. The van der Waals surface area contributed by atoms with Gasteiger partial charge in [-0.2, -0.15) is 16.8 Å². The highest BCUT2D eigenvalue weighted by Crippen LogP contribution is 2.30. The summed E-state index contributed by atoms with van der Waals surface area (Å²) in [6.45, 7) is 0. The molecule has 9 nitrogen and oxygen atoms in total. The van der Waals surface area contributed by atoms with Crippen molar-refractivity contribution in [2.24, 2.45) is 0 Å². The summed E-state index contributed by atoms with van der Waals surface area (Å²) >= 11 is 5.29. The minimum atomic E-state index is -5.09. The van der Waals surface area contributed by atoms with Gasteiger partial charge < -0.3 is 5.73 Å². The van der Waals surface area contributed by atoms with Gasteiger partial charge in [0, 0.05) is 5.88 Å². The molecule has 1 aromatic rings. The second-order valence-electron chi connectivity index (χ2n) is 3.79. The average Bonchev–Trinajstić information content (AvgIpc) is 2.25. The Morgan fingerprint density at radius 3 is 1.76 bits per heavy atom. The minimum Gasteiger partial charge on any atom is -0.398 e. The first-order valence-electron chi connectivity index (χ1n) is 4.98. The van der Waals surface area contributed by atoms with Crippen molar-refractivity contribution < 1.29 is 34.4 Å². The minimum absolute atomic E-state index is 0.265. The van der Waals surface area contributed by atoms with E-state index >= 15 is 0 Å². The maximum atomic E-state index is 11.9. The van der Waals surface area contributed by atoms with Crippen LogP contribution in [0.2, 0.25) is 0 Å². The molecule has 0 unspecified atom stereocenters. The van der Waals surface area contributed by atoms with Crippen molar-refractivity contribution in [1.82, 2.24) is 0 Å². The summed E-state index contributed by atoms with van der Waals surface area (Å²) in [7, 11) is -14.2. The summed E-state index contributed by atoms with van der Waals surface area (Å²) in [6.07, 6.45) is 0. The fourth-order valence-electron chi connectivity index (χ4n) is 1.44. The van der Waals surface area contributed by atoms with Gasteiger partial charge in [0.25, 0.3) is 20.2 Å². The summed E-state index contributed by atoms with van der Waals surface area (Å²) in [5.74, 6) is -1.03. The molecule has 0 aliphatic heterocycles. The van der Waals surface area contributed by atoms with Crippen LogP contribution >= 0.6 is 11.6 Å². The van der Waals surface area contributed by atoms with Gasteiger partial charge >= 0.3 is 0 Å². The lowest BCUT2D eigenvalue weighted by Crippen LogP contribution is -2.16. The predicted octanol–water partition coefficient (Wildman–Crippen LogP) is -0.225. The molecule has 0 aliphatic carbocycles. The quantitative estimate of drug-likeness (QED) is 0.355. The molecule has 1 aromatic carbocycles. The Balaban J connectivity index is 3.89. The molecule has 21 heavy (non-hydrogen) atoms. The smallest absolute Gasteiger partial charge is 0.296 e. The van der Waals surface area contributed by atoms with Gasteiger partial charge in [0.05, 0.1) is 16.3 Å². The van der Waals surface area contributed by atoms with Crippen LogP contribution in [0.5, 0.6) is 0 Å². The van der Waals surface area contributed by atoms with E-state index in [1.807, 2.05) is 0 Å². The molecule has 120 valence electrons. The normalized spacial score (nSPS) is 13.3. The van der Waals surface area contributed by atoms with Crippen LogP contribution in [0.25, 0.3) is 0 Å². The molecule has 13 heteroatoms. The Labute approximate surface area is 126 Å². The number of hydrogen-bond donors (Lipinski definition) is 3. The Hall–Kier alpha value is -0.920. The van der Waals surface area contributed by atoms with Gasteiger partial charge in [-0.1, -0.05) is 0 Å². The first-order chi connectivity index (χ1) is 9.30. The van der Waals surface area contributed by atoms with Crippen molar-refractivity contribution in [1.29, 1.82) is 0 Å². The zero-order chi connectivity index (χ0) is 16.6. The van der Waals surface area contributed by atoms with E-state index in [9.17, 15) is 25.3 Å². The van der Waals surface area contributed by atoms with Crippen LogP contribution in [0.3, 0.4) is 0 Å². The topological polar surface area (TPSA) is 169 Å². The van der Waals surface area contributed by atoms with Crippen LogP contribution in [0, 0.1) is 0 Å². The number of alkyl halides is 1. The third-order valence-corrected chi connectivity index (χ3v) is 6.41. The zero-order valence-corrected chi connectivity index (χ0v) is 13.3. The molecule has 1 rings (SSSR count). The molecule has 4 N–H and O–H groups in total. The van der Waals surface area contributed by atoms with Gasteiger partial charge in [-0.15, -0.1) is 11.6 Å². The maximum Gasteiger partial charge on any atom is 0.296 e. The molecule has 0 saturated heterocycles. The molecule has 0 aliphatic rings. The van der Waals surface area contributed by atoms with Crippen LogP contribution in [0.4, 0.5) is 5.69 Å². The van der Waals surface area contributed by atoms with Gasteiger partial charge in [0.2, 0.25) is 0 Å². The highest BCUT2D eigenvalue weighted by Gasteiger charge is 2.29. The van der Waals surface area contributed by atoms with Crippen molar-refractivity contribution in [3.05, 3.63) is 12.1 Å². The van der Waals surface area contributed by atoms with E-state index in [1.165, 1.54) is 0 Å². The van der Waals surface area contributed by atoms with Gasteiger partial charge in [0.1, 0.15) is 9.79 Å². The van der Waals surface area contributed by atoms with E-state index in [4.69, 9.17) is 26.4 Å².